The number of halogens is 2. The Labute approximate surface area is 236 Å². The fourth-order valence-corrected chi connectivity index (χ4v) is 4.66. The predicted molar refractivity (Wildman–Crippen MR) is 147 cm³/mol. The summed E-state index contributed by atoms with van der Waals surface area (Å²) in [6.45, 7) is 2.14. The Kier molecular flexibility index (Phi) is 10.0. The van der Waals surface area contributed by atoms with Crippen molar-refractivity contribution in [1.82, 2.24) is 15.6 Å². The number of carbonyl (C=O) groups is 3. The largest absolute Gasteiger partial charge is 0.382 e. The molecule has 220 valence electrons. The van der Waals surface area contributed by atoms with Crippen LogP contribution in [0.3, 0.4) is 0 Å². The van der Waals surface area contributed by atoms with Gasteiger partial charge in [-0.25, -0.2) is 8.78 Å². The molecule has 1 aliphatic heterocycles. The van der Waals surface area contributed by atoms with Crippen LogP contribution in [0.2, 0.25) is 0 Å². The molecule has 1 atom stereocenters. The molecule has 0 saturated carbocycles. The van der Waals surface area contributed by atoms with E-state index in [1.54, 1.807) is 31.4 Å². The number of aliphatic hydroxyl groups is 1. The quantitative estimate of drug-likeness (QED) is 0.174. The molecule has 0 bridgehead atoms. The van der Waals surface area contributed by atoms with Crippen molar-refractivity contribution in [2.45, 2.75) is 37.8 Å². The zero-order valence-electron chi connectivity index (χ0n) is 22.8. The number of hydrogen-bond donors (Lipinski definition) is 4. The van der Waals surface area contributed by atoms with Crippen LogP contribution < -0.4 is 15.5 Å². The molecule has 1 aliphatic rings. The highest BCUT2D eigenvalue weighted by molar-refractivity contribution is 6.16. The van der Waals surface area contributed by atoms with Gasteiger partial charge in [-0.2, -0.15) is 0 Å². The second-order valence-corrected chi connectivity index (χ2v) is 9.90. The Balaban J connectivity index is 1.31. The molecule has 0 radical (unpaired) electrons. The third-order valence-corrected chi connectivity index (χ3v) is 6.89. The van der Waals surface area contributed by atoms with E-state index in [2.05, 4.69) is 15.6 Å². The third kappa shape index (κ3) is 7.46. The number of methoxy groups -OCH3 is 1. The minimum Gasteiger partial charge on any atom is -0.382 e. The number of carbonyl (C=O) groups excluding carboxylic acids is 3. The smallest absolute Gasteiger partial charge is 0.268 e. The lowest BCUT2D eigenvalue weighted by molar-refractivity contribution is -0.149. The number of rotatable bonds is 14. The highest BCUT2D eigenvalue weighted by Crippen LogP contribution is 2.31. The van der Waals surface area contributed by atoms with Gasteiger partial charge in [-0.05, 0) is 61.2 Å². The van der Waals surface area contributed by atoms with E-state index in [1.807, 2.05) is 0 Å². The summed E-state index contributed by atoms with van der Waals surface area (Å²) in [5.41, 5.74) is -0.647. The van der Waals surface area contributed by atoms with Crippen LogP contribution in [0.4, 0.5) is 14.5 Å². The predicted octanol–water partition coefficient (Wildman–Crippen LogP) is 2.79. The van der Waals surface area contributed by atoms with Crippen LogP contribution in [0.15, 0.2) is 42.5 Å². The zero-order valence-corrected chi connectivity index (χ0v) is 22.8. The number of ether oxygens (including phenoxy) is 2. The van der Waals surface area contributed by atoms with Crippen molar-refractivity contribution in [3.05, 3.63) is 65.4 Å². The second kappa shape index (κ2) is 13.7. The average molecular weight is 573 g/mol. The Morgan fingerprint density at radius 1 is 1.02 bits per heavy atom. The number of hydrogen-bond acceptors (Lipinski definition) is 6. The maximum atomic E-state index is 13.4. The third-order valence-electron chi connectivity index (χ3n) is 6.89. The molecule has 41 heavy (non-hydrogen) atoms. The van der Waals surface area contributed by atoms with Gasteiger partial charge in [-0.3, -0.25) is 14.4 Å². The molecule has 1 unspecified atom stereocenters. The average Bonchev–Trinajstić information content (AvgIpc) is 3.51. The van der Waals surface area contributed by atoms with E-state index in [0.29, 0.717) is 54.7 Å². The molecule has 1 saturated heterocycles. The van der Waals surface area contributed by atoms with Crippen molar-refractivity contribution in [2.75, 3.05) is 44.9 Å². The van der Waals surface area contributed by atoms with Gasteiger partial charge in [0.1, 0.15) is 17.3 Å². The molecule has 1 fully saturated rings. The summed E-state index contributed by atoms with van der Waals surface area (Å²) in [6, 6.07) is 9.57. The molecule has 0 aliphatic carbocycles. The first-order valence-corrected chi connectivity index (χ1v) is 13.5. The van der Waals surface area contributed by atoms with Gasteiger partial charge in [0, 0.05) is 62.4 Å². The first-order valence-electron chi connectivity index (χ1n) is 13.5. The van der Waals surface area contributed by atoms with Gasteiger partial charge in [-0.1, -0.05) is 0 Å². The number of aromatic nitrogens is 1. The van der Waals surface area contributed by atoms with E-state index >= 15 is 0 Å². The summed E-state index contributed by atoms with van der Waals surface area (Å²) in [5.74, 6) is -3.60. The number of nitrogens with zero attached hydrogens (tertiary/aromatic N) is 1. The second-order valence-electron chi connectivity index (χ2n) is 9.90. The lowest BCUT2D eigenvalue weighted by atomic mass is 10.0. The number of amides is 3. The van der Waals surface area contributed by atoms with Crippen molar-refractivity contribution in [3.8, 4) is 0 Å². The van der Waals surface area contributed by atoms with Gasteiger partial charge in [0.05, 0.1) is 13.2 Å². The number of unbranched alkanes of at least 4 members (excludes halogenated alkanes) is 2. The summed E-state index contributed by atoms with van der Waals surface area (Å²) in [6.07, 6.45) is 2.47. The Bertz CT molecular complexity index is 1380. The van der Waals surface area contributed by atoms with Gasteiger partial charge in [0.2, 0.25) is 5.60 Å². The molecular formula is C29H34F2N4O6. The van der Waals surface area contributed by atoms with Crippen molar-refractivity contribution in [3.63, 3.8) is 0 Å². The van der Waals surface area contributed by atoms with Crippen LogP contribution >= 0.6 is 0 Å². The molecule has 0 spiro atoms. The van der Waals surface area contributed by atoms with Crippen LogP contribution in [0.1, 0.15) is 41.7 Å². The summed E-state index contributed by atoms with van der Waals surface area (Å²) in [7, 11) is 1.63. The normalized spacial score (nSPS) is 16.9. The monoisotopic (exact) mass is 572 g/mol. The van der Waals surface area contributed by atoms with Crippen LogP contribution in [0.25, 0.3) is 10.9 Å². The number of aromatic amines is 1. The van der Waals surface area contributed by atoms with Gasteiger partial charge in [0.15, 0.2) is 0 Å². The van der Waals surface area contributed by atoms with Crippen molar-refractivity contribution >= 4 is 34.3 Å². The molecule has 4 N–H and O–H groups in total. The number of nitrogens with one attached hydrogen (secondary N) is 3. The first-order chi connectivity index (χ1) is 19.7. The number of fused-ring (bicyclic) bond motifs is 1. The van der Waals surface area contributed by atoms with Crippen LogP contribution in [0.5, 0.6) is 0 Å². The Morgan fingerprint density at radius 2 is 1.80 bits per heavy atom. The van der Waals surface area contributed by atoms with Gasteiger partial charge in [-0.15, -0.1) is 0 Å². The summed E-state index contributed by atoms with van der Waals surface area (Å²) in [4.78, 5) is 42.8. The molecule has 2 aromatic carbocycles. The molecule has 3 amide bonds. The van der Waals surface area contributed by atoms with E-state index in [1.165, 1.54) is 4.90 Å². The van der Waals surface area contributed by atoms with E-state index in [9.17, 15) is 28.3 Å². The summed E-state index contributed by atoms with van der Waals surface area (Å²) < 4.78 is 37.2. The fraction of sp³-hybridized carbons (Fsp3) is 0.414. The first kappa shape index (κ1) is 30.1. The maximum Gasteiger partial charge on any atom is 0.268 e. The Morgan fingerprint density at radius 3 is 2.56 bits per heavy atom. The van der Waals surface area contributed by atoms with Crippen LogP contribution in [-0.4, -0.2) is 73.4 Å². The molecule has 2 heterocycles. The van der Waals surface area contributed by atoms with E-state index < -0.39 is 29.0 Å². The minimum absolute atomic E-state index is 0.0814. The van der Waals surface area contributed by atoms with Gasteiger partial charge >= 0.3 is 0 Å². The topological polar surface area (TPSA) is 133 Å². The number of anilines is 1. The van der Waals surface area contributed by atoms with Crippen LogP contribution in [-0.2, 0) is 25.6 Å². The highest BCUT2D eigenvalue weighted by Gasteiger charge is 2.51. The fourth-order valence-electron chi connectivity index (χ4n) is 4.66. The van der Waals surface area contributed by atoms with Crippen molar-refractivity contribution in [2.24, 2.45) is 0 Å². The number of benzene rings is 2. The minimum atomic E-state index is -2.32. The Hall–Kier alpha value is -3.87. The molecule has 3 aromatic rings. The standard InChI is InChI=1S/C29H34F2N4O6/c1-40-11-12-41-10-4-2-3-8-32-26(36)25-16-20-15-23(5-6-24(20)34-25)35-9-7-29(39,28(35)38)27(37)33-18-19-13-21(30)17-22(31)14-19/h5-6,13-17,34,39H,2-4,7-12,18H2,1H3,(H,32,36)(H,33,37). The highest BCUT2D eigenvalue weighted by atomic mass is 19.1. The van der Waals surface area contributed by atoms with Crippen molar-refractivity contribution in [1.29, 1.82) is 0 Å². The summed E-state index contributed by atoms with van der Waals surface area (Å²) >= 11 is 0. The molecule has 1 aromatic heterocycles. The molecule has 12 heteroatoms. The molecule has 10 nitrogen and oxygen atoms in total. The van der Waals surface area contributed by atoms with E-state index in [4.69, 9.17) is 9.47 Å². The SMILES string of the molecule is COCCOCCCCCNC(=O)c1cc2cc(N3CCC(O)(C(=O)NCc4cc(F)cc(F)c4)C3=O)ccc2[nH]1. The lowest BCUT2D eigenvalue weighted by Crippen LogP contribution is -2.52. The van der Waals surface area contributed by atoms with Crippen molar-refractivity contribution < 1.29 is 37.7 Å². The van der Waals surface area contributed by atoms with E-state index in [0.717, 1.165) is 31.4 Å². The molecular weight excluding hydrogens is 538 g/mol. The maximum absolute atomic E-state index is 13.4. The van der Waals surface area contributed by atoms with E-state index in [-0.39, 0.29) is 31.0 Å². The lowest BCUT2D eigenvalue weighted by Gasteiger charge is -2.22. The van der Waals surface area contributed by atoms with Gasteiger partial charge < -0.3 is 35.1 Å². The van der Waals surface area contributed by atoms with Gasteiger partial charge in [0.25, 0.3) is 17.7 Å². The summed E-state index contributed by atoms with van der Waals surface area (Å²) in [5, 5.41) is 16.9. The van der Waals surface area contributed by atoms with Crippen LogP contribution in [0, 0.1) is 11.6 Å². The molecule has 4 rings (SSSR count). The number of H-pyrrole nitrogens is 1. The zero-order chi connectivity index (χ0) is 29.4.